The lowest BCUT2D eigenvalue weighted by atomic mass is 9.85. The highest BCUT2D eigenvalue weighted by Crippen LogP contribution is 2.34. The number of amides is 2. The first-order valence-electron chi connectivity index (χ1n) is 13.8. The minimum atomic E-state index is -3.50. The molecule has 2 amide bonds. The van der Waals surface area contributed by atoms with E-state index in [0.717, 1.165) is 0 Å². The molecule has 0 radical (unpaired) electrons. The van der Waals surface area contributed by atoms with Crippen molar-refractivity contribution in [2.45, 2.75) is 51.3 Å². The van der Waals surface area contributed by atoms with E-state index in [1.54, 1.807) is 57.2 Å². The average molecular weight is 595 g/mol. The van der Waals surface area contributed by atoms with Crippen LogP contribution in [0.5, 0.6) is 5.88 Å². The second kappa shape index (κ2) is 11.6. The Balaban J connectivity index is 1.63. The molecule has 1 fully saturated rings. The summed E-state index contributed by atoms with van der Waals surface area (Å²) in [4.78, 5) is 50.1. The van der Waals surface area contributed by atoms with E-state index >= 15 is 0 Å². The number of alkyl halides is 2. The predicted molar refractivity (Wildman–Crippen MR) is 153 cm³/mol. The molecule has 0 aliphatic carbocycles. The molecule has 2 aliphatic rings. The maximum absolute atomic E-state index is 14.7. The first-order valence-corrected chi connectivity index (χ1v) is 13.8. The number of cyclic esters (lactones) is 1. The number of hydrogen-bond donors (Lipinski definition) is 1. The van der Waals surface area contributed by atoms with Crippen molar-refractivity contribution in [3.63, 3.8) is 0 Å². The van der Waals surface area contributed by atoms with E-state index in [-0.39, 0.29) is 18.8 Å². The van der Waals surface area contributed by atoms with Crippen molar-refractivity contribution in [2.24, 2.45) is 5.41 Å². The fourth-order valence-electron chi connectivity index (χ4n) is 5.09. The summed E-state index contributed by atoms with van der Waals surface area (Å²) < 4.78 is 45.7. The van der Waals surface area contributed by atoms with E-state index < -0.39 is 54.1 Å². The van der Waals surface area contributed by atoms with Gasteiger partial charge in [0.2, 0.25) is 11.8 Å². The summed E-state index contributed by atoms with van der Waals surface area (Å²) in [7, 11) is 1.21. The monoisotopic (exact) mass is 594 g/mol. The Morgan fingerprint density at radius 2 is 1.81 bits per heavy atom. The van der Waals surface area contributed by atoms with Gasteiger partial charge in [-0.05, 0) is 35.3 Å². The molecule has 4 bridgehead atoms. The standard InChI is InChI=1S/C31H32F2N4O6/c1-30(2,3)25-27(38)37-16-20(15-23(37)28(39)41-4)43-26-24(34-21-10-5-6-11-22(21)35-26)19-9-7-8-18(14-19)12-13-31(32,33)17-42-29(40)36-25/h5-14,20,23,25H,15-17H2,1-4H3,(H,36,40)/b13-12+/t20-,23+,25-/m1/s1. The van der Waals surface area contributed by atoms with Crippen LogP contribution in [-0.2, 0) is 19.1 Å². The summed E-state index contributed by atoms with van der Waals surface area (Å²) in [5.74, 6) is -4.63. The Labute approximate surface area is 247 Å². The molecule has 3 heterocycles. The summed E-state index contributed by atoms with van der Waals surface area (Å²) in [6.07, 6.45) is 0.0753. The number of nitrogens with zero attached hydrogens (tertiary/aromatic N) is 3. The van der Waals surface area contributed by atoms with Crippen LogP contribution in [-0.4, -0.2) is 77.2 Å². The first-order chi connectivity index (χ1) is 20.3. The van der Waals surface area contributed by atoms with Crippen molar-refractivity contribution in [3.8, 4) is 17.1 Å². The van der Waals surface area contributed by atoms with Crippen molar-refractivity contribution in [1.82, 2.24) is 20.2 Å². The van der Waals surface area contributed by atoms with Gasteiger partial charge in [-0.15, -0.1) is 0 Å². The zero-order chi connectivity index (χ0) is 30.9. The zero-order valence-electron chi connectivity index (χ0n) is 24.2. The minimum absolute atomic E-state index is 0.0310. The van der Waals surface area contributed by atoms with Crippen LogP contribution in [0.25, 0.3) is 28.4 Å². The van der Waals surface area contributed by atoms with Gasteiger partial charge in [0.25, 0.3) is 5.92 Å². The van der Waals surface area contributed by atoms with Crippen molar-refractivity contribution in [3.05, 3.63) is 60.2 Å². The molecule has 0 spiro atoms. The molecule has 0 saturated carbocycles. The van der Waals surface area contributed by atoms with Crippen LogP contribution in [0.1, 0.15) is 32.8 Å². The van der Waals surface area contributed by atoms with Gasteiger partial charge in [0.15, 0.2) is 6.61 Å². The molecule has 3 atom stereocenters. The van der Waals surface area contributed by atoms with Crippen LogP contribution < -0.4 is 10.1 Å². The maximum atomic E-state index is 14.7. The van der Waals surface area contributed by atoms with Crippen LogP contribution in [0.2, 0.25) is 0 Å². The zero-order valence-corrected chi connectivity index (χ0v) is 24.2. The number of carbonyl (C=O) groups is 3. The van der Waals surface area contributed by atoms with Gasteiger partial charge >= 0.3 is 12.1 Å². The molecule has 12 heteroatoms. The summed E-state index contributed by atoms with van der Waals surface area (Å²) in [6, 6.07) is 11.7. The predicted octanol–water partition coefficient (Wildman–Crippen LogP) is 4.62. The van der Waals surface area contributed by atoms with Crippen LogP contribution in [0.15, 0.2) is 54.6 Å². The third kappa shape index (κ3) is 6.58. The second-order valence-corrected chi connectivity index (χ2v) is 11.6. The van der Waals surface area contributed by atoms with Crippen LogP contribution in [0, 0.1) is 5.41 Å². The SMILES string of the molecule is COC(=O)[C@@H]1C[C@@H]2CN1C(=O)[C@H](C(C)(C)C)NC(=O)OCC(F)(F)/C=C/c1cccc(c1)-c1nc3ccccc3nc1O2. The Kier molecular flexibility index (Phi) is 8.04. The van der Waals surface area contributed by atoms with Crippen LogP contribution >= 0.6 is 0 Å². The number of rotatable bonds is 1. The fraction of sp³-hybridized carbons (Fsp3) is 0.387. The molecule has 1 saturated heterocycles. The van der Waals surface area contributed by atoms with E-state index in [0.29, 0.717) is 33.9 Å². The van der Waals surface area contributed by atoms with Gasteiger partial charge in [-0.2, -0.15) is 8.78 Å². The van der Waals surface area contributed by atoms with Gasteiger partial charge in [-0.3, -0.25) is 4.79 Å². The number of hydrogen-bond acceptors (Lipinski definition) is 8. The van der Waals surface area contributed by atoms with E-state index in [4.69, 9.17) is 24.2 Å². The number of methoxy groups -OCH3 is 1. The van der Waals surface area contributed by atoms with Gasteiger partial charge in [-0.1, -0.05) is 57.2 Å². The number of nitrogens with one attached hydrogen (secondary N) is 1. The number of para-hydroxylation sites is 2. The van der Waals surface area contributed by atoms with E-state index in [1.807, 2.05) is 12.1 Å². The lowest BCUT2D eigenvalue weighted by Gasteiger charge is -2.34. The number of benzene rings is 2. The highest BCUT2D eigenvalue weighted by atomic mass is 19.3. The molecule has 0 unspecified atom stereocenters. The number of alkyl carbamates (subject to hydrolysis) is 1. The lowest BCUT2D eigenvalue weighted by Crippen LogP contribution is -2.57. The molecule has 1 aromatic heterocycles. The third-order valence-electron chi connectivity index (χ3n) is 7.29. The molecule has 43 heavy (non-hydrogen) atoms. The van der Waals surface area contributed by atoms with Crippen molar-refractivity contribution in [1.29, 1.82) is 0 Å². The topological polar surface area (TPSA) is 120 Å². The third-order valence-corrected chi connectivity index (χ3v) is 7.29. The summed E-state index contributed by atoms with van der Waals surface area (Å²) in [5, 5.41) is 2.42. The average Bonchev–Trinajstić information content (AvgIpc) is 3.40. The Bertz CT molecular complexity index is 1590. The quantitative estimate of drug-likeness (QED) is 0.406. The largest absolute Gasteiger partial charge is 0.471 e. The second-order valence-electron chi connectivity index (χ2n) is 11.6. The summed E-state index contributed by atoms with van der Waals surface area (Å²) in [5.41, 5.74) is 1.64. The molecule has 2 aliphatic heterocycles. The minimum Gasteiger partial charge on any atom is -0.471 e. The molecule has 3 aromatic rings. The van der Waals surface area contributed by atoms with Crippen LogP contribution in [0.4, 0.5) is 13.6 Å². The number of carbonyl (C=O) groups excluding carboxylic acids is 3. The van der Waals surface area contributed by atoms with Gasteiger partial charge in [0.05, 0.1) is 24.7 Å². The van der Waals surface area contributed by atoms with Gasteiger partial charge in [0, 0.05) is 12.0 Å². The summed E-state index contributed by atoms with van der Waals surface area (Å²) >= 11 is 0. The number of esters is 1. The van der Waals surface area contributed by atoms with Crippen molar-refractivity contribution >= 4 is 35.1 Å². The Morgan fingerprint density at radius 3 is 2.51 bits per heavy atom. The van der Waals surface area contributed by atoms with E-state index in [1.165, 1.54) is 18.1 Å². The molecule has 1 N–H and O–H groups in total. The van der Waals surface area contributed by atoms with Gasteiger partial charge in [-0.25, -0.2) is 19.6 Å². The van der Waals surface area contributed by atoms with Crippen molar-refractivity contribution < 1.29 is 37.4 Å². The van der Waals surface area contributed by atoms with E-state index in [9.17, 15) is 23.2 Å². The van der Waals surface area contributed by atoms with Crippen molar-refractivity contribution in [2.75, 3.05) is 20.3 Å². The molecule has 226 valence electrons. The molecule has 10 nitrogen and oxygen atoms in total. The maximum Gasteiger partial charge on any atom is 0.408 e. The molecular weight excluding hydrogens is 562 g/mol. The first kappa shape index (κ1) is 29.9. The Hall–Kier alpha value is -4.61. The smallest absolute Gasteiger partial charge is 0.408 e. The molecular formula is C31H32F2N4O6. The number of ether oxygens (including phenoxy) is 3. The lowest BCUT2D eigenvalue weighted by molar-refractivity contribution is -0.152. The number of fused-ring (bicyclic) bond motifs is 7. The van der Waals surface area contributed by atoms with Gasteiger partial charge < -0.3 is 24.4 Å². The number of halogens is 2. The fourth-order valence-corrected chi connectivity index (χ4v) is 5.09. The molecule has 5 rings (SSSR count). The van der Waals surface area contributed by atoms with Crippen LogP contribution in [0.3, 0.4) is 0 Å². The number of aromatic nitrogens is 2. The van der Waals surface area contributed by atoms with Gasteiger partial charge in [0.1, 0.15) is 23.9 Å². The normalized spacial score (nSPS) is 23.2. The van der Waals surface area contributed by atoms with E-state index in [2.05, 4.69) is 5.32 Å². The highest BCUT2D eigenvalue weighted by Gasteiger charge is 2.47. The summed E-state index contributed by atoms with van der Waals surface area (Å²) in [6.45, 7) is 3.81. The molecule has 2 aromatic carbocycles. The Morgan fingerprint density at radius 1 is 1.09 bits per heavy atom. The highest BCUT2D eigenvalue weighted by molar-refractivity contribution is 5.91.